The molecule has 2 aromatic rings. The largest absolute Gasteiger partial charge is 0.504 e. The summed E-state index contributed by atoms with van der Waals surface area (Å²) in [4.78, 5) is 23.7. The van der Waals surface area contributed by atoms with E-state index in [0.29, 0.717) is 25.4 Å². The quantitative estimate of drug-likeness (QED) is 0.824. The minimum Gasteiger partial charge on any atom is -0.504 e. The lowest BCUT2D eigenvalue weighted by molar-refractivity contribution is -0.134. The molecule has 7 nitrogen and oxygen atoms in total. The second-order valence-corrected chi connectivity index (χ2v) is 7.17. The molecule has 1 aliphatic heterocycles. The van der Waals surface area contributed by atoms with Gasteiger partial charge in [0.25, 0.3) is 0 Å². The third kappa shape index (κ3) is 4.09. The third-order valence-electron chi connectivity index (χ3n) is 5.00. The zero-order valence-electron chi connectivity index (χ0n) is 17.0. The second kappa shape index (κ2) is 8.56. The lowest BCUT2D eigenvalue weighted by Gasteiger charge is -2.25. The highest BCUT2D eigenvalue weighted by atomic mass is 16.5. The summed E-state index contributed by atoms with van der Waals surface area (Å²) in [6.07, 6.45) is 3.43. The fraction of sp³-hybridized carbons (Fsp3) is 0.476. The molecule has 0 saturated carbocycles. The van der Waals surface area contributed by atoms with E-state index in [0.717, 1.165) is 41.1 Å². The van der Waals surface area contributed by atoms with E-state index in [1.165, 1.54) is 0 Å². The summed E-state index contributed by atoms with van der Waals surface area (Å²) in [5.41, 5.74) is 3.85. The summed E-state index contributed by atoms with van der Waals surface area (Å²) < 4.78 is 5.78. The van der Waals surface area contributed by atoms with Crippen molar-refractivity contribution in [1.82, 2.24) is 20.2 Å². The van der Waals surface area contributed by atoms with Crippen LogP contribution in [0, 0.1) is 13.8 Å². The normalized spacial score (nSPS) is 14.8. The van der Waals surface area contributed by atoms with Crippen molar-refractivity contribution in [3.05, 3.63) is 35.3 Å². The minimum atomic E-state index is -0.215. The Morgan fingerprint density at radius 3 is 2.89 bits per heavy atom. The highest BCUT2D eigenvalue weighted by molar-refractivity contribution is 5.82. The lowest BCUT2D eigenvalue weighted by atomic mass is 10.0. The molecule has 1 aromatic carbocycles. The van der Waals surface area contributed by atoms with Gasteiger partial charge in [0, 0.05) is 23.9 Å². The second-order valence-electron chi connectivity index (χ2n) is 7.17. The fourth-order valence-electron chi connectivity index (χ4n) is 3.54. The highest BCUT2D eigenvalue weighted by Gasteiger charge is 2.27. The van der Waals surface area contributed by atoms with Crippen LogP contribution in [0.25, 0.3) is 11.3 Å². The van der Waals surface area contributed by atoms with Crippen LogP contribution in [-0.2, 0) is 11.3 Å². The average molecular weight is 384 g/mol. The van der Waals surface area contributed by atoms with E-state index in [9.17, 15) is 9.90 Å². The molecule has 2 N–H and O–H groups in total. The Labute approximate surface area is 165 Å². The number of fused-ring (bicyclic) bond motifs is 1. The van der Waals surface area contributed by atoms with E-state index in [2.05, 4.69) is 22.2 Å². The van der Waals surface area contributed by atoms with Crippen molar-refractivity contribution in [2.45, 2.75) is 46.2 Å². The van der Waals surface area contributed by atoms with Crippen LogP contribution in [0.3, 0.4) is 0 Å². The van der Waals surface area contributed by atoms with E-state index in [1.54, 1.807) is 17.2 Å². The molecular formula is C21H28N4O3. The molecule has 3 rings (SSSR count). The molecule has 1 unspecified atom stereocenters. The molecule has 2 heterocycles. The van der Waals surface area contributed by atoms with Crippen LogP contribution in [-0.4, -0.2) is 52.1 Å². The Morgan fingerprint density at radius 1 is 1.39 bits per heavy atom. The maximum absolute atomic E-state index is 12.9. The number of aromatic nitrogens is 2. The molecule has 1 aliphatic rings. The summed E-state index contributed by atoms with van der Waals surface area (Å²) in [7, 11) is 1.81. The van der Waals surface area contributed by atoms with Gasteiger partial charge in [0.05, 0.1) is 29.7 Å². The highest BCUT2D eigenvalue weighted by Crippen LogP contribution is 2.37. The topological polar surface area (TPSA) is 87.6 Å². The molecule has 0 bridgehead atoms. The lowest BCUT2D eigenvalue weighted by Crippen LogP contribution is -2.45. The van der Waals surface area contributed by atoms with Crippen LogP contribution in [0.2, 0.25) is 0 Å². The van der Waals surface area contributed by atoms with Crippen molar-refractivity contribution in [3.8, 4) is 22.8 Å². The van der Waals surface area contributed by atoms with Gasteiger partial charge in [-0.15, -0.1) is 0 Å². The van der Waals surface area contributed by atoms with E-state index < -0.39 is 0 Å². The van der Waals surface area contributed by atoms with Crippen molar-refractivity contribution in [3.63, 3.8) is 0 Å². The maximum Gasteiger partial charge on any atom is 0.240 e. The number of rotatable bonds is 5. The predicted molar refractivity (Wildman–Crippen MR) is 107 cm³/mol. The Morgan fingerprint density at radius 2 is 2.18 bits per heavy atom. The summed E-state index contributed by atoms with van der Waals surface area (Å²) in [6.45, 7) is 7.04. The van der Waals surface area contributed by atoms with Crippen LogP contribution in [0.4, 0.5) is 0 Å². The number of nitrogens with zero attached hydrogens (tertiary/aromatic N) is 3. The Kier molecular flexibility index (Phi) is 6.14. The number of phenolic OH excluding ortho intramolecular Hbond substituents is 1. The smallest absolute Gasteiger partial charge is 0.240 e. The van der Waals surface area contributed by atoms with Gasteiger partial charge in [0.15, 0.2) is 11.5 Å². The van der Waals surface area contributed by atoms with Gasteiger partial charge < -0.3 is 20.1 Å². The number of amides is 1. The molecule has 7 heteroatoms. The van der Waals surface area contributed by atoms with Crippen molar-refractivity contribution in [1.29, 1.82) is 0 Å². The number of ether oxygens (including phenoxy) is 1. The number of carbonyl (C=O) groups is 1. The fourth-order valence-corrected chi connectivity index (χ4v) is 3.54. The molecule has 0 fully saturated rings. The van der Waals surface area contributed by atoms with Crippen LogP contribution < -0.4 is 10.1 Å². The molecule has 1 atom stereocenters. The maximum atomic E-state index is 12.9. The van der Waals surface area contributed by atoms with E-state index >= 15 is 0 Å². The SMILES string of the molecule is CCCC(NC)C(=O)N1CCOc2c(O)cc(-c3nc(C)cnc3C)cc2C1. The molecule has 0 aliphatic carbocycles. The van der Waals surface area contributed by atoms with Gasteiger partial charge in [0.2, 0.25) is 5.91 Å². The van der Waals surface area contributed by atoms with E-state index in [1.807, 2.05) is 27.0 Å². The first-order chi connectivity index (χ1) is 13.4. The molecule has 0 saturated heterocycles. The number of aryl methyl sites for hydroxylation is 2. The standard InChI is InChI=1S/C21H28N4O3/c1-5-6-17(22-4)21(27)25-7-8-28-20-16(12-25)9-15(10-18(20)26)19-14(3)23-11-13(2)24-19/h9-11,17,22,26H,5-8,12H2,1-4H3. The van der Waals surface area contributed by atoms with Gasteiger partial charge in [-0.25, -0.2) is 4.98 Å². The van der Waals surface area contributed by atoms with Gasteiger partial charge in [0.1, 0.15) is 6.61 Å². The van der Waals surface area contributed by atoms with Gasteiger partial charge in [-0.3, -0.25) is 9.78 Å². The number of hydrogen-bond donors (Lipinski definition) is 2. The number of phenols is 1. The van der Waals surface area contributed by atoms with E-state index in [-0.39, 0.29) is 17.7 Å². The van der Waals surface area contributed by atoms with Crippen molar-refractivity contribution in [2.75, 3.05) is 20.2 Å². The number of carbonyl (C=O) groups excluding carboxylic acids is 1. The number of likely N-dealkylation sites (N-methyl/N-ethyl adjacent to an activating group) is 1. The first kappa shape index (κ1) is 20.1. The zero-order valence-corrected chi connectivity index (χ0v) is 17.0. The molecule has 1 amide bonds. The van der Waals surface area contributed by atoms with Gasteiger partial charge in [-0.1, -0.05) is 13.3 Å². The number of aromatic hydroxyl groups is 1. The summed E-state index contributed by atoms with van der Waals surface area (Å²) in [6, 6.07) is 3.37. The summed E-state index contributed by atoms with van der Waals surface area (Å²) >= 11 is 0. The van der Waals surface area contributed by atoms with Crippen molar-refractivity contribution < 1.29 is 14.6 Å². The minimum absolute atomic E-state index is 0.0530. The van der Waals surface area contributed by atoms with Crippen LogP contribution in [0.15, 0.2) is 18.3 Å². The Balaban J connectivity index is 1.97. The van der Waals surface area contributed by atoms with Crippen LogP contribution in [0.1, 0.15) is 36.7 Å². The monoisotopic (exact) mass is 384 g/mol. The molecular weight excluding hydrogens is 356 g/mol. The van der Waals surface area contributed by atoms with Gasteiger partial charge in [-0.2, -0.15) is 0 Å². The molecule has 1 aromatic heterocycles. The van der Waals surface area contributed by atoms with Crippen LogP contribution >= 0.6 is 0 Å². The zero-order chi connectivity index (χ0) is 20.3. The third-order valence-corrected chi connectivity index (χ3v) is 5.00. The summed E-state index contributed by atoms with van der Waals surface area (Å²) in [5.74, 6) is 0.550. The first-order valence-corrected chi connectivity index (χ1v) is 9.70. The predicted octanol–water partition coefficient (Wildman–Crippen LogP) is 2.58. The van der Waals surface area contributed by atoms with E-state index in [4.69, 9.17) is 4.74 Å². The van der Waals surface area contributed by atoms with Crippen molar-refractivity contribution >= 4 is 5.91 Å². The molecule has 150 valence electrons. The molecule has 0 spiro atoms. The van der Waals surface area contributed by atoms with Crippen LogP contribution in [0.5, 0.6) is 11.5 Å². The summed E-state index contributed by atoms with van der Waals surface area (Å²) in [5, 5.41) is 13.7. The van der Waals surface area contributed by atoms with Gasteiger partial charge >= 0.3 is 0 Å². The van der Waals surface area contributed by atoms with Crippen molar-refractivity contribution in [2.24, 2.45) is 0 Å². The van der Waals surface area contributed by atoms with Gasteiger partial charge in [-0.05, 0) is 39.4 Å². The Bertz CT molecular complexity index is 869. The molecule has 28 heavy (non-hydrogen) atoms. The first-order valence-electron chi connectivity index (χ1n) is 9.70. The number of hydrogen-bond acceptors (Lipinski definition) is 6. The Hall–Kier alpha value is -2.67. The average Bonchev–Trinajstić information content (AvgIpc) is 2.90. The number of nitrogens with one attached hydrogen (secondary N) is 1. The number of benzene rings is 1. The molecule has 0 radical (unpaired) electrons.